The van der Waals surface area contributed by atoms with Crippen LogP contribution in [0.3, 0.4) is 0 Å². The molecule has 1 saturated heterocycles. The zero-order valence-electron chi connectivity index (χ0n) is 31.0. The molecule has 0 N–H and O–H groups in total. The Morgan fingerprint density at radius 2 is 1.49 bits per heavy atom. The SMILES string of the molecule is COc1ccc(Cn2nnc(-c3c(Br)ccc(S(=O)(=O)C[C@@H]4CCN(C(=O)OC(C)(C)C)C4)c3S(=O)(=O)N(Cc3ccccc3)Cc3ccccc3)n2)cc1. The number of aromatic nitrogens is 4. The molecule has 0 spiro atoms. The van der Waals surface area contributed by atoms with Gasteiger partial charge in [0.2, 0.25) is 15.8 Å². The van der Waals surface area contributed by atoms with E-state index in [1.165, 1.54) is 26.1 Å². The summed E-state index contributed by atoms with van der Waals surface area (Å²) in [5.41, 5.74) is 1.50. The van der Waals surface area contributed by atoms with Crippen LogP contribution in [-0.4, -0.2) is 83.9 Å². The first-order valence-corrected chi connectivity index (χ1v) is 21.5. The van der Waals surface area contributed by atoms with Gasteiger partial charge < -0.3 is 14.4 Å². The Balaban J connectivity index is 1.45. The summed E-state index contributed by atoms with van der Waals surface area (Å²) >= 11 is 3.52. The average molecular weight is 852 g/mol. The molecule has 1 aromatic heterocycles. The van der Waals surface area contributed by atoms with Crippen LogP contribution in [0.15, 0.2) is 111 Å². The fraction of sp³-hybridized carbons (Fsp3) is 0.333. The zero-order chi connectivity index (χ0) is 39.4. The van der Waals surface area contributed by atoms with Crippen LogP contribution in [0, 0.1) is 5.92 Å². The van der Waals surface area contributed by atoms with Crippen molar-refractivity contribution in [3.05, 3.63) is 118 Å². The Kier molecular flexibility index (Phi) is 12.1. The number of sulfone groups is 1. The summed E-state index contributed by atoms with van der Waals surface area (Å²) < 4.78 is 72.1. The minimum Gasteiger partial charge on any atom is -0.497 e. The van der Waals surface area contributed by atoms with Crippen LogP contribution < -0.4 is 4.74 Å². The molecule has 0 bridgehead atoms. The van der Waals surface area contributed by atoms with Crippen LogP contribution in [0.2, 0.25) is 0 Å². The second-order valence-corrected chi connectivity index (χ2v) is 19.1. The number of nitrogens with zero attached hydrogens (tertiary/aromatic N) is 6. The maximum atomic E-state index is 15.3. The van der Waals surface area contributed by atoms with Gasteiger partial charge in [-0.25, -0.2) is 21.6 Å². The molecule has 0 radical (unpaired) electrons. The number of ether oxygens (including phenoxy) is 2. The number of likely N-dealkylation sites (tertiary alicyclic amines) is 1. The van der Waals surface area contributed by atoms with E-state index in [9.17, 15) is 13.2 Å². The van der Waals surface area contributed by atoms with Gasteiger partial charge in [-0.05, 0) is 95.2 Å². The van der Waals surface area contributed by atoms with Crippen molar-refractivity contribution in [2.45, 2.75) is 62.2 Å². The Bertz CT molecular complexity index is 2290. The third kappa shape index (κ3) is 9.79. The highest BCUT2D eigenvalue weighted by atomic mass is 79.9. The standard InChI is InChI=1S/C39H43BrN6O7S2/c1-39(2,3)53-38(47)44-22-21-31(23-44)27-54(48,49)34-20-19-33(40)35(37-41-43-46(42-37)26-30-15-17-32(52-4)18-16-30)36(34)55(50,51)45(24-28-11-7-5-8-12-28)25-29-13-9-6-10-14-29/h5-20,31H,21-27H2,1-4H3/t31-/m1/s1. The predicted molar refractivity (Wildman–Crippen MR) is 210 cm³/mol. The molecule has 1 fully saturated rings. The summed E-state index contributed by atoms with van der Waals surface area (Å²) in [6.07, 6.45) is -0.123. The van der Waals surface area contributed by atoms with E-state index in [4.69, 9.17) is 9.47 Å². The maximum Gasteiger partial charge on any atom is 0.410 e. The Morgan fingerprint density at radius 3 is 2.07 bits per heavy atom. The zero-order valence-corrected chi connectivity index (χ0v) is 34.2. The smallest absolute Gasteiger partial charge is 0.410 e. The van der Waals surface area contributed by atoms with E-state index >= 15 is 8.42 Å². The molecule has 1 atom stereocenters. The van der Waals surface area contributed by atoms with Crippen molar-refractivity contribution in [3.63, 3.8) is 0 Å². The van der Waals surface area contributed by atoms with Gasteiger partial charge in [0.15, 0.2) is 9.84 Å². The van der Waals surface area contributed by atoms with Crippen molar-refractivity contribution >= 4 is 41.9 Å². The van der Waals surface area contributed by atoms with E-state index in [-0.39, 0.29) is 46.9 Å². The Hall–Kier alpha value is -4.64. The molecule has 16 heteroatoms. The number of sulfonamides is 1. The van der Waals surface area contributed by atoms with Crippen molar-refractivity contribution < 1.29 is 31.1 Å². The van der Waals surface area contributed by atoms with E-state index in [1.807, 2.05) is 72.8 Å². The first-order valence-electron chi connectivity index (χ1n) is 17.7. The quantitative estimate of drug-likeness (QED) is 0.127. The number of methoxy groups -OCH3 is 1. The van der Waals surface area contributed by atoms with E-state index in [1.54, 1.807) is 40.0 Å². The van der Waals surface area contributed by atoms with E-state index in [2.05, 4.69) is 31.3 Å². The lowest BCUT2D eigenvalue weighted by Gasteiger charge is -2.26. The summed E-state index contributed by atoms with van der Waals surface area (Å²) in [6, 6.07) is 28.3. The topological polar surface area (TPSA) is 154 Å². The fourth-order valence-electron chi connectivity index (χ4n) is 6.34. The summed E-state index contributed by atoms with van der Waals surface area (Å²) in [6.45, 7) is 5.87. The van der Waals surface area contributed by atoms with Gasteiger partial charge in [-0.2, -0.15) is 9.10 Å². The van der Waals surface area contributed by atoms with Gasteiger partial charge in [-0.15, -0.1) is 10.2 Å². The molecule has 1 aliphatic heterocycles. The van der Waals surface area contributed by atoms with Crippen LogP contribution in [0.4, 0.5) is 4.79 Å². The number of carbonyl (C=O) groups is 1. The van der Waals surface area contributed by atoms with Crippen LogP contribution in [0.5, 0.6) is 5.75 Å². The highest BCUT2D eigenvalue weighted by Gasteiger charge is 2.39. The van der Waals surface area contributed by atoms with E-state index in [0.29, 0.717) is 29.8 Å². The van der Waals surface area contributed by atoms with Crippen molar-refractivity contribution in [2.75, 3.05) is 26.0 Å². The average Bonchev–Trinajstić information content (AvgIpc) is 3.81. The number of amides is 1. The molecular weight excluding hydrogens is 809 g/mol. The van der Waals surface area contributed by atoms with Crippen LogP contribution in [-0.2, 0) is 44.2 Å². The van der Waals surface area contributed by atoms with Crippen LogP contribution in [0.1, 0.15) is 43.9 Å². The number of halogens is 1. The molecule has 13 nitrogen and oxygen atoms in total. The lowest BCUT2D eigenvalue weighted by atomic mass is 10.2. The third-order valence-electron chi connectivity index (χ3n) is 8.96. The van der Waals surface area contributed by atoms with Crippen molar-refractivity contribution in [3.8, 4) is 17.1 Å². The molecule has 1 amide bonds. The second-order valence-electron chi connectivity index (χ2n) is 14.3. The fourth-order valence-corrected chi connectivity index (χ4v) is 11.1. The molecule has 6 rings (SSSR count). The van der Waals surface area contributed by atoms with Gasteiger partial charge >= 0.3 is 6.09 Å². The summed E-state index contributed by atoms with van der Waals surface area (Å²) in [5, 5.41) is 13.0. The summed E-state index contributed by atoms with van der Waals surface area (Å²) in [7, 11) is -7.38. The molecule has 4 aromatic carbocycles. The van der Waals surface area contributed by atoms with Crippen molar-refractivity contribution in [1.29, 1.82) is 0 Å². The first-order chi connectivity index (χ1) is 26.1. The summed E-state index contributed by atoms with van der Waals surface area (Å²) in [4.78, 5) is 14.8. The van der Waals surface area contributed by atoms with Gasteiger partial charge in [0.05, 0.1) is 29.9 Å². The van der Waals surface area contributed by atoms with Crippen LogP contribution in [0.25, 0.3) is 11.4 Å². The Labute approximate surface area is 330 Å². The number of benzene rings is 4. The van der Waals surface area contributed by atoms with Crippen molar-refractivity contribution in [1.82, 2.24) is 29.4 Å². The third-order valence-corrected chi connectivity index (χ3v) is 13.5. The lowest BCUT2D eigenvalue weighted by Crippen LogP contribution is -2.36. The van der Waals surface area contributed by atoms with Gasteiger partial charge in [-0.1, -0.05) is 72.8 Å². The molecule has 0 unspecified atom stereocenters. The Morgan fingerprint density at radius 1 is 0.873 bits per heavy atom. The normalized spacial score (nSPS) is 15.0. The first kappa shape index (κ1) is 40.0. The minimum atomic E-state index is -4.64. The maximum absolute atomic E-state index is 15.3. The second kappa shape index (κ2) is 16.6. The minimum absolute atomic E-state index is 0.0324. The monoisotopic (exact) mass is 850 g/mol. The van der Waals surface area contributed by atoms with Crippen LogP contribution >= 0.6 is 15.9 Å². The molecule has 0 aliphatic carbocycles. The van der Waals surface area contributed by atoms with Crippen molar-refractivity contribution in [2.24, 2.45) is 5.92 Å². The van der Waals surface area contributed by atoms with Gasteiger partial charge in [0, 0.05) is 30.7 Å². The largest absolute Gasteiger partial charge is 0.497 e. The number of rotatable bonds is 13. The molecular formula is C39H43BrN6O7S2. The van der Waals surface area contributed by atoms with E-state index in [0.717, 1.165) is 5.56 Å². The summed E-state index contributed by atoms with van der Waals surface area (Å²) in [5.74, 6) is -0.260. The van der Waals surface area contributed by atoms with E-state index < -0.39 is 48.1 Å². The predicted octanol–water partition coefficient (Wildman–Crippen LogP) is 6.58. The molecule has 2 heterocycles. The lowest BCUT2D eigenvalue weighted by molar-refractivity contribution is 0.0289. The highest BCUT2D eigenvalue weighted by Crippen LogP contribution is 2.40. The number of tetrazole rings is 1. The van der Waals surface area contributed by atoms with Gasteiger partial charge in [0.25, 0.3) is 0 Å². The van der Waals surface area contributed by atoms with Gasteiger partial charge in [0.1, 0.15) is 16.2 Å². The number of hydrogen-bond donors (Lipinski definition) is 0. The molecule has 290 valence electrons. The molecule has 55 heavy (non-hydrogen) atoms. The van der Waals surface area contributed by atoms with Gasteiger partial charge in [-0.3, -0.25) is 0 Å². The molecule has 1 aliphatic rings. The number of carbonyl (C=O) groups excluding carboxylic acids is 1. The highest BCUT2D eigenvalue weighted by molar-refractivity contribution is 9.10. The molecule has 0 saturated carbocycles. The number of hydrogen-bond acceptors (Lipinski definition) is 10. The molecule has 5 aromatic rings.